The number of carbonyl (C=O) groups is 8. The Morgan fingerprint density at radius 1 is 0.331 bits per heavy atom. The molecule has 11 fully saturated rings. The fourth-order valence-electron chi connectivity index (χ4n) is 24.2. The molecular formula is C107H188O20. The van der Waals surface area contributed by atoms with Crippen molar-refractivity contribution in [1.82, 2.24) is 0 Å². The van der Waals surface area contributed by atoms with Crippen LogP contribution in [0.4, 0.5) is 0 Å². The Kier molecular flexibility index (Phi) is 45.5. The van der Waals surface area contributed by atoms with Crippen molar-refractivity contribution in [3.05, 3.63) is 0 Å². The average Bonchev–Trinajstić information content (AvgIpc) is 1.62. The van der Waals surface area contributed by atoms with Crippen molar-refractivity contribution >= 4 is 47.8 Å². The van der Waals surface area contributed by atoms with Gasteiger partial charge in [-0.25, -0.2) is 0 Å². The average molecular weight is 1790 g/mol. The Hall–Kier alpha value is -4.40. The standard InChI is InChI=1S/C27H44O4.C19H32O4.C19H34O3.C15H28O3.C14H26O3.C13H24O3/c1-5-19-16-20(6-2)23(22(19)24(28)30-26(7-3)13-9-10-14-26)25(29)31-27(8-4)17-18-11-12-21(27)15-18;1-5-13-12-14(6-2)16(15(13)17(20)22-4)18(21)23-19(7-3)10-8-9-11-19;1-5-14-12-15(6-2)17(16(14)13-21-4)18(20)22-19(7-3)10-8-9-11-19;1-6-11-10-12(13(7-2)17-11)14(16)18-15(5,8-3)9-4;1-6-10-9-11(12(7-2)16-10)13(15)17-14(4,5)8-3;1-6-9-8-10(11(7-2)15-9)12(14)16-13(3,4)5/h18-23H,5-17H2,1-4H3;13-16H,5-12H2,1-4H3;14-17H,5-13H2,1-4H3;11-13H,6-10H2,1-5H3;10-12H,6-9H2,1-5H3;9-11H,6-8H2,1-5H3. The van der Waals surface area contributed by atoms with E-state index in [0.717, 1.165) is 237 Å². The van der Waals surface area contributed by atoms with Crippen LogP contribution in [0.1, 0.15) is 436 Å². The van der Waals surface area contributed by atoms with Crippen molar-refractivity contribution in [2.75, 3.05) is 20.8 Å². The lowest BCUT2D eigenvalue weighted by Crippen LogP contribution is -2.45. The molecule has 0 spiro atoms. The van der Waals surface area contributed by atoms with Crippen molar-refractivity contribution in [2.24, 2.45) is 101 Å². The van der Waals surface area contributed by atoms with E-state index in [-0.39, 0.29) is 189 Å². The summed E-state index contributed by atoms with van der Waals surface area (Å²) in [6.07, 6.45) is 41.3. The molecule has 24 unspecified atom stereocenters. The number of hydrogen-bond acceptors (Lipinski definition) is 20. The van der Waals surface area contributed by atoms with Crippen LogP contribution in [0.3, 0.4) is 0 Å². The third kappa shape index (κ3) is 29.3. The van der Waals surface area contributed by atoms with Crippen molar-refractivity contribution in [1.29, 1.82) is 0 Å². The predicted octanol–water partition coefficient (Wildman–Crippen LogP) is 25.1. The SMILES string of the molecule is CCC1CC(C(=O)OC(C)(C)C)C(CC)O1.CCC1CC(C(=O)OC(C)(C)CC)C(CC)O1.CCC1CC(C(=O)OC(C)(CC)CC)C(CC)O1.CCC1CC(CC)C(C(=O)OC2(CC)CC3CCC2C3)C1C(=O)OC1(CC)CCCC1.CCC1CC(CC)C(C(=O)OC2(CC)CCCC2)C1C(=O)OC.CCC1CC(CC)C(C(=O)OC2(CC)CCCC2)C1COC. The third-order valence-corrected chi connectivity index (χ3v) is 33.5. The molecule has 0 radical (unpaired) electrons. The van der Waals surface area contributed by atoms with Crippen molar-refractivity contribution in [2.45, 2.75) is 512 Å². The number of methoxy groups -OCH3 is 2. The van der Waals surface area contributed by atoms with Crippen LogP contribution in [0.25, 0.3) is 0 Å². The number of rotatable bonds is 35. The maximum atomic E-state index is 13.7. The summed E-state index contributed by atoms with van der Waals surface area (Å²) in [5, 5.41) is 0. The lowest BCUT2D eigenvalue weighted by molar-refractivity contribution is -0.183. The van der Waals surface area contributed by atoms with Gasteiger partial charge in [0.2, 0.25) is 0 Å². The van der Waals surface area contributed by atoms with Gasteiger partial charge in [-0.1, -0.05) is 170 Å². The summed E-state index contributed by atoms with van der Waals surface area (Å²) in [5.74, 6) is 1.22. The highest BCUT2D eigenvalue weighted by Crippen LogP contribution is 2.57. The molecule has 20 nitrogen and oxygen atoms in total. The van der Waals surface area contributed by atoms with E-state index in [0.29, 0.717) is 30.3 Å². The highest BCUT2D eigenvalue weighted by molar-refractivity contribution is 5.85. The number of ether oxygens (including phenoxy) is 12. The van der Waals surface area contributed by atoms with Gasteiger partial charge in [0.25, 0.3) is 0 Å². The van der Waals surface area contributed by atoms with E-state index in [1.54, 1.807) is 7.11 Å². The summed E-state index contributed by atoms with van der Waals surface area (Å²) in [5.41, 5.74) is -2.13. The third-order valence-electron chi connectivity index (χ3n) is 33.5. The fourth-order valence-corrected chi connectivity index (χ4v) is 24.2. The van der Waals surface area contributed by atoms with E-state index >= 15 is 0 Å². The van der Waals surface area contributed by atoms with Crippen LogP contribution < -0.4 is 0 Å². The summed E-state index contributed by atoms with van der Waals surface area (Å²) in [7, 11) is 3.17. The molecule has 2 bridgehead atoms. The first-order valence-corrected chi connectivity index (χ1v) is 52.4. The molecule has 0 aromatic rings. The number of fused-ring (bicyclic) bond motifs is 2. The summed E-state index contributed by atoms with van der Waals surface area (Å²) in [4.78, 5) is 102. The Morgan fingerprint density at radius 3 is 0.945 bits per heavy atom. The minimum absolute atomic E-state index is 0.0407. The number of hydrogen-bond donors (Lipinski definition) is 0. The summed E-state index contributed by atoms with van der Waals surface area (Å²) < 4.78 is 69.6. The molecule has 24 atom stereocenters. The van der Waals surface area contributed by atoms with Crippen molar-refractivity contribution < 1.29 is 95.2 Å². The van der Waals surface area contributed by atoms with Crippen molar-refractivity contribution in [3.8, 4) is 0 Å². The van der Waals surface area contributed by atoms with Gasteiger partial charge in [0, 0.05) is 7.11 Å². The quantitative estimate of drug-likeness (QED) is 0.0422. The zero-order valence-corrected chi connectivity index (χ0v) is 85.6. The highest BCUT2D eigenvalue weighted by Gasteiger charge is 2.59. The first-order valence-electron chi connectivity index (χ1n) is 52.4. The van der Waals surface area contributed by atoms with E-state index in [1.165, 1.54) is 39.2 Å². The Labute approximate surface area is 772 Å². The molecule has 3 heterocycles. The Balaban J connectivity index is 0.000000239. The van der Waals surface area contributed by atoms with Crippen LogP contribution >= 0.6 is 0 Å². The largest absolute Gasteiger partial charge is 0.469 e. The second kappa shape index (κ2) is 51.9. The summed E-state index contributed by atoms with van der Waals surface area (Å²) in [6, 6.07) is 0. The minimum atomic E-state index is -0.403. The zero-order chi connectivity index (χ0) is 94.6. The molecule has 11 rings (SSSR count). The van der Waals surface area contributed by atoms with Crippen LogP contribution in [0.5, 0.6) is 0 Å². The molecule has 127 heavy (non-hydrogen) atoms. The van der Waals surface area contributed by atoms with Gasteiger partial charge in [-0.2, -0.15) is 0 Å². The molecule has 8 saturated carbocycles. The van der Waals surface area contributed by atoms with E-state index < -0.39 is 5.60 Å². The summed E-state index contributed by atoms with van der Waals surface area (Å²) >= 11 is 0. The molecule has 8 aliphatic carbocycles. The fraction of sp³-hybridized carbons (Fsp3) is 0.925. The lowest BCUT2D eigenvalue weighted by atomic mass is 9.81. The molecule has 0 aromatic heterocycles. The zero-order valence-electron chi connectivity index (χ0n) is 85.6. The van der Waals surface area contributed by atoms with Gasteiger partial charge in [0.05, 0.1) is 97.7 Å². The van der Waals surface area contributed by atoms with Gasteiger partial charge in [-0.15, -0.1) is 0 Å². The molecule has 0 aromatic carbocycles. The lowest BCUT2D eigenvalue weighted by Gasteiger charge is -2.38. The molecule has 0 amide bonds. The van der Waals surface area contributed by atoms with Gasteiger partial charge in [-0.3, -0.25) is 38.4 Å². The smallest absolute Gasteiger partial charge is 0.312 e. The number of esters is 8. The van der Waals surface area contributed by atoms with Crippen LogP contribution in [-0.2, 0) is 95.2 Å². The minimum Gasteiger partial charge on any atom is -0.469 e. The molecular weight excluding hydrogens is 1610 g/mol. The first-order chi connectivity index (χ1) is 60.3. The van der Waals surface area contributed by atoms with Crippen LogP contribution in [0.15, 0.2) is 0 Å². The number of carbonyl (C=O) groups excluding carboxylic acids is 8. The maximum Gasteiger partial charge on any atom is 0.312 e. The normalized spacial score (nSPS) is 33.6. The van der Waals surface area contributed by atoms with Crippen LogP contribution in [0, 0.1) is 101 Å². The van der Waals surface area contributed by atoms with Gasteiger partial charge >= 0.3 is 47.8 Å². The van der Waals surface area contributed by atoms with Gasteiger partial charge in [-0.05, 0) is 320 Å². The predicted molar refractivity (Wildman–Crippen MR) is 502 cm³/mol. The van der Waals surface area contributed by atoms with Crippen molar-refractivity contribution in [3.63, 3.8) is 0 Å². The Bertz CT molecular complexity index is 3300. The van der Waals surface area contributed by atoms with E-state index in [1.807, 2.05) is 48.5 Å². The second-order valence-corrected chi connectivity index (χ2v) is 42.4. The van der Waals surface area contributed by atoms with Crippen LogP contribution in [0.2, 0.25) is 0 Å². The first kappa shape index (κ1) is 111. The topological polar surface area (TPSA) is 247 Å². The monoisotopic (exact) mass is 1790 g/mol. The molecule has 11 aliphatic rings. The van der Waals surface area contributed by atoms with E-state index in [2.05, 4.69) is 125 Å². The van der Waals surface area contributed by atoms with Gasteiger partial charge in [0.1, 0.15) is 39.2 Å². The Morgan fingerprint density at radius 2 is 0.661 bits per heavy atom. The van der Waals surface area contributed by atoms with Crippen LogP contribution in [-0.4, -0.2) is 144 Å². The second-order valence-electron chi connectivity index (χ2n) is 42.4. The molecule has 20 heteroatoms. The van der Waals surface area contributed by atoms with Gasteiger partial charge < -0.3 is 56.8 Å². The molecule has 736 valence electrons. The highest BCUT2D eigenvalue weighted by atomic mass is 16.6. The maximum absolute atomic E-state index is 13.7. The molecule has 0 N–H and O–H groups in total. The summed E-state index contributed by atoms with van der Waals surface area (Å²) in [6.45, 7) is 52.5. The molecule has 3 saturated heterocycles. The van der Waals surface area contributed by atoms with Gasteiger partial charge in [0.15, 0.2) is 0 Å². The van der Waals surface area contributed by atoms with E-state index in [4.69, 9.17) is 56.8 Å². The van der Waals surface area contributed by atoms with E-state index in [9.17, 15) is 38.4 Å². The molecule has 3 aliphatic heterocycles.